The summed E-state index contributed by atoms with van der Waals surface area (Å²) in [6, 6.07) is 8.11. The van der Waals surface area contributed by atoms with Gasteiger partial charge >= 0.3 is 6.03 Å². The monoisotopic (exact) mass is 370 g/mol. The van der Waals surface area contributed by atoms with E-state index in [1.54, 1.807) is 0 Å². The van der Waals surface area contributed by atoms with Crippen molar-refractivity contribution in [2.45, 2.75) is 44.9 Å². The molecule has 0 bridgehead atoms. The van der Waals surface area contributed by atoms with Gasteiger partial charge in [-0.05, 0) is 43.7 Å². The number of likely N-dealkylation sites (tertiary alicyclic amines) is 1. The highest BCUT2D eigenvalue weighted by Crippen LogP contribution is 2.37. The number of urea groups is 1. The highest BCUT2D eigenvalue weighted by Gasteiger charge is 2.34. The first-order valence-corrected chi connectivity index (χ1v) is 10.2. The molecule has 146 valence electrons. The van der Waals surface area contributed by atoms with E-state index in [1.807, 2.05) is 29.2 Å². The van der Waals surface area contributed by atoms with Crippen molar-refractivity contribution in [2.75, 3.05) is 26.2 Å². The van der Waals surface area contributed by atoms with Gasteiger partial charge in [0.25, 0.3) is 0 Å². The summed E-state index contributed by atoms with van der Waals surface area (Å²) < 4.78 is 0. The van der Waals surface area contributed by atoms with Crippen molar-refractivity contribution in [3.05, 3.63) is 30.1 Å². The van der Waals surface area contributed by atoms with Gasteiger partial charge in [-0.2, -0.15) is 0 Å². The number of rotatable bonds is 5. The number of piperidine rings is 1. The number of carbonyl (C=O) groups excluding carboxylic acids is 1. The van der Waals surface area contributed by atoms with Crippen LogP contribution in [0.4, 0.5) is 4.79 Å². The van der Waals surface area contributed by atoms with E-state index < -0.39 is 0 Å². The van der Waals surface area contributed by atoms with Gasteiger partial charge in [-0.3, -0.25) is 0 Å². The largest absolute Gasteiger partial charge is 0.396 e. The number of H-pyrrole nitrogens is 1. The maximum Gasteiger partial charge on any atom is 0.317 e. The van der Waals surface area contributed by atoms with E-state index in [1.165, 1.54) is 0 Å². The maximum absolute atomic E-state index is 12.7. The Morgan fingerprint density at radius 2 is 2.11 bits per heavy atom. The number of para-hydroxylation sites is 2. The number of benzene rings is 1. The van der Waals surface area contributed by atoms with E-state index >= 15 is 0 Å². The first-order chi connectivity index (χ1) is 13.2. The molecule has 2 aliphatic rings. The highest BCUT2D eigenvalue weighted by molar-refractivity contribution is 5.75. The summed E-state index contributed by atoms with van der Waals surface area (Å²) in [5.41, 5.74) is 1.98. The standard InChI is InChI=1S/C21H30N4O2/c26-15-21(9-3-4-10-21)14-22-20(27)25-11-5-6-16(13-25)12-19-23-17-7-1-2-8-18(17)24-19/h1-2,7-8,16,26H,3-6,9-15H2,(H,22,27)(H,23,24)/t16-/m1/s1. The van der Waals surface area contributed by atoms with Crippen LogP contribution in [0, 0.1) is 11.3 Å². The number of hydrogen-bond acceptors (Lipinski definition) is 3. The molecular formula is C21H30N4O2. The van der Waals surface area contributed by atoms with Crippen LogP contribution in [0.5, 0.6) is 0 Å². The molecular weight excluding hydrogens is 340 g/mol. The minimum absolute atomic E-state index is 0.0176. The van der Waals surface area contributed by atoms with E-state index in [0.29, 0.717) is 12.5 Å². The normalized spacial score (nSPS) is 22.3. The number of nitrogens with zero attached hydrogens (tertiary/aromatic N) is 2. The molecule has 1 aromatic carbocycles. The SMILES string of the molecule is O=C(NCC1(CO)CCCC1)N1CCC[C@H](Cc2nc3ccccc3[nH]2)C1. The molecule has 1 aliphatic heterocycles. The highest BCUT2D eigenvalue weighted by atomic mass is 16.3. The van der Waals surface area contributed by atoms with Crippen LogP contribution in [0.2, 0.25) is 0 Å². The van der Waals surface area contributed by atoms with Crippen molar-refractivity contribution >= 4 is 17.1 Å². The molecule has 1 saturated heterocycles. The molecule has 1 saturated carbocycles. The summed E-state index contributed by atoms with van der Waals surface area (Å²) in [6.45, 7) is 2.35. The minimum Gasteiger partial charge on any atom is -0.396 e. The van der Waals surface area contributed by atoms with E-state index in [9.17, 15) is 9.90 Å². The molecule has 27 heavy (non-hydrogen) atoms. The quantitative estimate of drug-likeness (QED) is 0.756. The predicted octanol–water partition coefficient (Wildman–Crippen LogP) is 3.08. The number of hydrogen-bond donors (Lipinski definition) is 3. The molecule has 0 unspecified atom stereocenters. The second-order valence-electron chi connectivity index (χ2n) is 8.38. The topological polar surface area (TPSA) is 81.2 Å². The summed E-state index contributed by atoms with van der Waals surface area (Å²) in [6.07, 6.45) is 7.36. The average Bonchev–Trinajstić information content (AvgIpc) is 3.33. The van der Waals surface area contributed by atoms with Crippen LogP contribution in [-0.2, 0) is 6.42 Å². The second-order valence-corrected chi connectivity index (χ2v) is 8.38. The van der Waals surface area contributed by atoms with Crippen molar-refractivity contribution in [3.63, 3.8) is 0 Å². The number of fused-ring (bicyclic) bond motifs is 1. The molecule has 2 amide bonds. The third-order valence-electron chi connectivity index (χ3n) is 6.34. The molecule has 3 N–H and O–H groups in total. The lowest BCUT2D eigenvalue weighted by Crippen LogP contribution is -2.49. The van der Waals surface area contributed by atoms with E-state index in [4.69, 9.17) is 0 Å². The second kappa shape index (κ2) is 7.89. The van der Waals surface area contributed by atoms with E-state index in [0.717, 1.165) is 74.9 Å². The Morgan fingerprint density at radius 3 is 2.89 bits per heavy atom. The number of aromatic amines is 1. The van der Waals surface area contributed by atoms with Crippen LogP contribution in [0.1, 0.15) is 44.3 Å². The average molecular weight is 370 g/mol. The van der Waals surface area contributed by atoms with Crippen molar-refractivity contribution in [1.29, 1.82) is 0 Å². The fourth-order valence-corrected chi connectivity index (χ4v) is 4.68. The van der Waals surface area contributed by atoms with E-state index in [-0.39, 0.29) is 18.1 Å². The van der Waals surface area contributed by atoms with Gasteiger partial charge in [0.1, 0.15) is 5.82 Å². The lowest BCUT2D eigenvalue weighted by Gasteiger charge is -2.34. The van der Waals surface area contributed by atoms with Gasteiger partial charge < -0.3 is 20.3 Å². The number of amides is 2. The zero-order chi connectivity index (χ0) is 18.7. The van der Waals surface area contributed by atoms with Gasteiger partial charge in [-0.1, -0.05) is 25.0 Å². The Labute approximate surface area is 160 Å². The summed E-state index contributed by atoms with van der Waals surface area (Å²) in [7, 11) is 0. The lowest BCUT2D eigenvalue weighted by molar-refractivity contribution is 0.121. The van der Waals surface area contributed by atoms with Crippen LogP contribution in [-0.4, -0.2) is 52.2 Å². The van der Waals surface area contributed by atoms with Crippen molar-refractivity contribution in [1.82, 2.24) is 20.2 Å². The zero-order valence-electron chi connectivity index (χ0n) is 15.9. The first-order valence-electron chi connectivity index (χ1n) is 10.2. The van der Waals surface area contributed by atoms with Crippen molar-refractivity contribution in [2.24, 2.45) is 11.3 Å². The van der Waals surface area contributed by atoms with Crippen LogP contribution in [0.25, 0.3) is 11.0 Å². The summed E-state index contributed by atoms with van der Waals surface area (Å²) in [5, 5.41) is 12.8. The number of carbonyl (C=O) groups is 1. The maximum atomic E-state index is 12.7. The Balaban J connectivity index is 1.32. The Kier molecular flexibility index (Phi) is 5.34. The summed E-state index contributed by atoms with van der Waals surface area (Å²) in [4.78, 5) is 22.7. The summed E-state index contributed by atoms with van der Waals surface area (Å²) in [5.74, 6) is 1.44. The third kappa shape index (κ3) is 4.10. The summed E-state index contributed by atoms with van der Waals surface area (Å²) >= 11 is 0. The molecule has 2 heterocycles. The van der Waals surface area contributed by atoms with Gasteiger partial charge in [0, 0.05) is 31.5 Å². The van der Waals surface area contributed by atoms with Gasteiger partial charge in [0.15, 0.2) is 0 Å². The number of aromatic nitrogens is 2. The molecule has 2 aromatic rings. The Hall–Kier alpha value is -2.08. The Bertz CT molecular complexity index is 748. The molecule has 1 aliphatic carbocycles. The lowest BCUT2D eigenvalue weighted by atomic mass is 9.87. The molecule has 4 rings (SSSR count). The molecule has 1 atom stereocenters. The van der Waals surface area contributed by atoms with Crippen LogP contribution >= 0.6 is 0 Å². The molecule has 0 spiro atoms. The first kappa shape index (κ1) is 18.3. The van der Waals surface area contributed by atoms with Gasteiger partial charge in [-0.25, -0.2) is 9.78 Å². The number of imidazole rings is 1. The molecule has 1 aromatic heterocycles. The number of aliphatic hydroxyl groups is 1. The van der Waals surface area contributed by atoms with E-state index in [2.05, 4.69) is 15.3 Å². The fraction of sp³-hybridized carbons (Fsp3) is 0.619. The fourth-order valence-electron chi connectivity index (χ4n) is 4.68. The van der Waals surface area contributed by atoms with Crippen molar-refractivity contribution in [3.8, 4) is 0 Å². The molecule has 6 heteroatoms. The molecule has 2 fully saturated rings. The molecule has 0 radical (unpaired) electrons. The van der Waals surface area contributed by atoms with Gasteiger partial charge in [0.05, 0.1) is 17.6 Å². The smallest absolute Gasteiger partial charge is 0.317 e. The van der Waals surface area contributed by atoms with Crippen LogP contribution < -0.4 is 5.32 Å². The third-order valence-corrected chi connectivity index (χ3v) is 6.34. The number of aliphatic hydroxyl groups excluding tert-OH is 1. The van der Waals surface area contributed by atoms with Crippen LogP contribution in [0.15, 0.2) is 24.3 Å². The Morgan fingerprint density at radius 1 is 1.30 bits per heavy atom. The zero-order valence-corrected chi connectivity index (χ0v) is 15.9. The molecule has 6 nitrogen and oxygen atoms in total. The predicted molar refractivity (Wildman–Crippen MR) is 105 cm³/mol. The number of nitrogens with one attached hydrogen (secondary N) is 2. The van der Waals surface area contributed by atoms with Gasteiger partial charge in [-0.15, -0.1) is 0 Å². The van der Waals surface area contributed by atoms with Crippen molar-refractivity contribution < 1.29 is 9.90 Å². The van der Waals surface area contributed by atoms with Crippen LogP contribution in [0.3, 0.4) is 0 Å². The van der Waals surface area contributed by atoms with Gasteiger partial charge in [0.2, 0.25) is 0 Å². The minimum atomic E-state index is -0.0981.